The van der Waals surface area contributed by atoms with E-state index in [9.17, 15) is 13.2 Å². The number of para-hydroxylation sites is 1. The number of carbonyl (C=O) groups is 1. The van der Waals surface area contributed by atoms with Gasteiger partial charge in [0.1, 0.15) is 11.4 Å². The Morgan fingerprint density at radius 3 is 2.05 bits per heavy atom. The van der Waals surface area contributed by atoms with E-state index in [0.29, 0.717) is 25.0 Å². The monoisotopic (exact) mass is 634 g/mol. The van der Waals surface area contributed by atoms with Gasteiger partial charge in [-0.05, 0) is 86.1 Å². The second kappa shape index (κ2) is 12.7. The van der Waals surface area contributed by atoms with Crippen molar-refractivity contribution in [2.24, 2.45) is 5.41 Å². The first-order valence-corrected chi connectivity index (χ1v) is 18.9. The van der Waals surface area contributed by atoms with E-state index in [1.807, 2.05) is 59.7 Å². The second-order valence-corrected chi connectivity index (χ2v) is 21.7. The van der Waals surface area contributed by atoms with Crippen molar-refractivity contribution in [3.63, 3.8) is 0 Å². The highest BCUT2D eigenvalue weighted by molar-refractivity contribution is 9.10. The Kier molecular flexibility index (Phi) is 11.8. The maximum absolute atomic E-state index is 13.5. The summed E-state index contributed by atoms with van der Waals surface area (Å²) in [4.78, 5) is 13.5. The Balaban J connectivity index is 3.01. The molecule has 0 saturated carbocycles. The summed E-state index contributed by atoms with van der Waals surface area (Å²) < 4.78 is 44.3. The van der Waals surface area contributed by atoms with E-state index < -0.39 is 34.6 Å². The van der Waals surface area contributed by atoms with E-state index in [4.69, 9.17) is 13.9 Å². The predicted octanol–water partition coefficient (Wildman–Crippen LogP) is 7.69. The predicted molar refractivity (Wildman–Crippen MR) is 163 cm³/mol. The van der Waals surface area contributed by atoms with Gasteiger partial charge >= 0.3 is 5.97 Å². The molecule has 1 aromatic carbocycles. The molecule has 0 aliphatic heterocycles. The first-order valence-electron chi connectivity index (χ1n) is 13.4. The Morgan fingerprint density at radius 2 is 1.55 bits per heavy atom. The number of hydrogen-bond donors (Lipinski definition) is 0. The van der Waals surface area contributed by atoms with Crippen LogP contribution in [0.3, 0.4) is 0 Å². The molecule has 0 saturated heterocycles. The maximum Gasteiger partial charge on any atom is 0.316 e. The van der Waals surface area contributed by atoms with Gasteiger partial charge in [-0.1, -0.05) is 53.2 Å². The molecule has 220 valence electrons. The van der Waals surface area contributed by atoms with Gasteiger partial charge in [0.2, 0.25) is 0 Å². The lowest BCUT2D eigenvalue weighted by atomic mass is 9.75. The van der Waals surface area contributed by atoms with Crippen LogP contribution >= 0.6 is 15.9 Å². The van der Waals surface area contributed by atoms with Crippen molar-refractivity contribution in [2.45, 2.75) is 111 Å². The lowest BCUT2D eigenvalue weighted by Gasteiger charge is -2.36. The third-order valence-electron chi connectivity index (χ3n) is 7.42. The minimum Gasteiger partial charge on any atom is -0.495 e. The number of halogens is 1. The highest BCUT2D eigenvalue weighted by atomic mass is 79.9. The lowest BCUT2D eigenvalue weighted by Crippen LogP contribution is -2.42. The van der Waals surface area contributed by atoms with E-state index in [1.54, 1.807) is 7.11 Å². The lowest BCUT2D eigenvalue weighted by molar-refractivity contribution is -0.162. The van der Waals surface area contributed by atoms with E-state index in [-0.39, 0.29) is 29.1 Å². The van der Waals surface area contributed by atoms with Gasteiger partial charge < -0.3 is 13.9 Å². The molecule has 0 fully saturated rings. The highest BCUT2D eigenvalue weighted by Crippen LogP contribution is 2.42. The van der Waals surface area contributed by atoms with Crippen LogP contribution in [0.2, 0.25) is 18.1 Å². The molecule has 1 atom stereocenters. The Morgan fingerprint density at radius 1 is 0.974 bits per heavy atom. The SMILES string of the molecule is COc1c(Br)cccc1C(C)(CCCC(C)(C)CS(=O)(=O)CCO[Si](C)(C)C(C)(C)C)C(=O)OC(C)(C)C. The van der Waals surface area contributed by atoms with Gasteiger partial charge in [-0.2, -0.15) is 0 Å². The largest absolute Gasteiger partial charge is 0.495 e. The Hall–Kier alpha value is -0.903. The summed E-state index contributed by atoms with van der Waals surface area (Å²) in [6.07, 6.45) is 1.78. The summed E-state index contributed by atoms with van der Waals surface area (Å²) in [7, 11) is -3.72. The van der Waals surface area contributed by atoms with Crippen LogP contribution in [0, 0.1) is 5.41 Å². The topological polar surface area (TPSA) is 78.9 Å². The van der Waals surface area contributed by atoms with Crippen LogP contribution in [-0.4, -0.2) is 53.5 Å². The molecule has 0 N–H and O–H groups in total. The van der Waals surface area contributed by atoms with Gasteiger partial charge in [0.15, 0.2) is 18.2 Å². The summed E-state index contributed by atoms with van der Waals surface area (Å²) in [6, 6.07) is 5.65. The summed E-state index contributed by atoms with van der Waals surface area (Å²) in [5.41, 5.74) is -1.31. The second-order valence-electron chi connectivity index (χ2n) is 13.9. The van der Waals surface area contributed by atoms with Gasteiger partial charge in [-0.3, -0.25) is 4.79 Å². The quantitative estimate of drug-likeness (QED) is 0.163. The molecular formula is C29H51BrO6SSi. The highest BCUT2D eigenvalue weighted by Gasteiger charge is 2.42. The van der Waals surface area contributed by atoms with Crippen LogP contribution in [0.15, 0.2) is 22.7 Å². The normalized spacial score (nSPS) is 15.2. The van der Waals surface area contributed by atoms with E-state index in [0.717, 1.165) is 10.0 Å². The number of benzene rings is 1. The Labute approximate surface area is 241 Å². The number of sulfone groups is 1. The van der Waals surface area contributed by atoms with E-state index in [1.165, 1.54) is 0 Å². The minimum atomic E-state index is -3.30. The van der Waals surface area contributed by atoms with Crippen LogP contribution in [0.4, 0.5) is 0 Å². The van der Waals surface area contributed by atoms with Crippen LogP contribution in [0.1, 0.15) is 87.1 Å². The minimum absolute atomic E-state index is 0.0216. The summed E-state index contributed by atoms with van der Waals surface area (Å²) in [5, 5.41) is 0.0356. The molecular weight excluding hydrogens is 584 g/mol. The zero-order valence-corrected chi connectivity index (χ0v) is 29.1. The molecule has 0 aliphatic rings. The molecule has 0 radical (unpaired) electrons. The third-order valence-corrected chi connectivity index (χ3v) is 14.6. The van der Waals surface area contributed by atoms with Gasteiger partial charge in [0.25, 0.3) is 0 Å². The fourth-order valence-corrected chi connectivity index (χ4v) is 7.73. The molecule has 0 spiro atoms. The van der Waals surface area contributed by atoms with E-state index in [2.05, 4.69) is 49.8 Å². The van der Waals surface area contributed by atoms with Crippen molar-refractivity contribution in [1.82, 2.24) is 0 Å². The number of rotatable bonds is 13. The Bertz CT molecular complexity index is 1050. The number of carbonyl (C=O) groups excluding carboxylic acids is 1. The molecule has 0 bridgehead atoms. The van der Waals surface area contributed by atoms with Crippen molar-refractivity contribution in [1.29, 1.82) is 0 Å². The molecule has 1 aromatic rings. The number of ether oxygens (including phenoxy) is 2. The molecule has 0 amide bonds. The maximum atomic E-state index is 13.5. The van der Waals surface area contributed by atoms with Crippen molar-refractivity contribution >= 4 is 40.1 Å². The number of esters is 1. The molecule has 1 rings (SSSR count). The first kappa shape index (κ1) is 35.1. The van der Waals surface area contributed by atoms with Crippen LogP contribution < -0.4 is 4.74 Å². The van der Waals surface area contributed by atoms with Crippen molar-refractivity contribution < 1.29 is 27.1 Å². The van der Waals surface area contributed by atoms with Crippen molar-refractivity contribution in [2.75, 3.05) is 25.2 Å². The van der Waals surface area contributed by atoms with E-state index >= 15 is 0 Å². The molecule has 1 unspecified atom stereocenters. The third kappa shape index (κ3) is 10.2. The standard InChI is InChI=1S/C29H51BrO6SSi/c1-26(2,3)36-25(31)29(9,22-15-13-16-23(30)24(22)34-10)18-14-17-28(7,8)21-37(32,33)20-19-35-38(11,12)27(4,5)6/h13,15-16H,14,17-21H2,1-12H3. The molecule has 9 heteroatoms. The van der Waals surface area contributed by atoms with Gasteiger partial charge in [-0.25, -0.2) is 8.42 Å². The summed E-state index contributed by atoms with van der Waals surface area (Å²) in [5.74, 6) is 0.372. The molecule has 6 nitrogen and oxygen atoms in total. The average Bonchev–Trinajstić information content (AvgIpc) is 2.69. The molecule has 0 aliphatic carbocycles. The van der Waals surface area contributed by atoms with Crippen molar-refractivity contribution in [3.8, 4) is 5.75 Å². The molecule has 38 heavy (non-hydrogen) atoms. The van der Waals surface area contributed by atoms with Gasteiger partial charge in [0, 0.05) is 12.2 Å². The fraction of sp³-hybridized carbons (Fsp3) is 0.759. The number of methoxy groups -OCH3 is 1. The first-order chi connectivity index (χ1) is 17.0. The van der Waals surface area contributed by atoms with Crippen LogP contribution in [0.25, 0.3) is 0 Å². The zero-order chi connectivity index (χ0) is 29.8. The van der Waals surface area contributed by atoms with Crippen LogP contribution in [0.5, 0.6) is 5.75 Å². The summed E-state index contributed by atoms with van der Waals surface area (Å²) >= 11 is 3.54. The molecule has 0 aromatic heterocycles. The van der Waals surface area contributed by atoms with Crippen LogP contribution in [-0.2, 0) is 29.2 Å². The smallest absolute Gasteiger partial charge is 0.316 e. The summed E-state index contributed by atoms with van der Waals surface area (Å²) in [6.45, 7) is 22.3. The van der Waals surface area contributed by atoms with Crippen molar-refractivity contribution in [3.05, 3.63) is 28.2 Å². The number of hydrogen-bond acceptors (Lipinski definition) is 6. The zero-order valence-electron chi connectivity index (χ0n) is 25.7. The van der Waals surface area contributed by atoms with Gasteiger partial charge in [0.05, 0.1) is 28.5 Å². The van der Waals surface area contributed by atoms with Gasteiger partial charge in [-0.15, -0.1) is 0 Å². The molecule has 0 heterocycles. The average molecular weight is 636 g/mol. The fourth-order valence-electron chi connectivity index (χ4n) is 4.19.